The van der Waals surface area contributed by atoms with Crippen molar-refractivity contribution in [3.63, 3.8) is 0 Å². The van der Waals surface area contributed by atoms with Gasteiger partial charge in [-0.2, -0.15) is 0 Å². The molecule has 2 rings (SSSR count). The van der Waals surface area contributed by atoms with Crippen molar-refractivity contribution in [3.8, 4) is 0 Å². The molecule has 4 nitrogen and oxygen atoms in total. The average Bonchev–Trinajstić information content (AvgIpc) is 2.56. The zero-order valence-electron chi connectivity index (χ0n) is 6.03. The predicted molar refractivity (Wildman–Crippen MR) is 33.7 cm³/mol. The summed E-state index contributed by atoms with van der Waals surface area (Å²) in [5, 5.41) is 8.70. The highest BCUT2D eigenvalue weighted by Gasteiger charge is 2.74. The number of carboxylic acids is 1. The monoisotopic (exact) mass is 156 g/mol. The molecule has 1 saturated heterocycles. The standard InChI is InChI=1S/C7H8O4/c1-3-4-2-7(4,5(8)9)6(10)11-3/h3-4H,2H2,1H3,(H,8,9)/t3-,4+,7+/m0/s1. The first-order valence-electron chi connectivity index (χ1n) is 3.53. The Morgan fingerprint density at radius 2 is 2.45 bits per heavy atom. The van der Waals surface area contributed by atoms with Crippen molar-refractivity contribution in [1.82, 2.24) is 0 Å². The van der Waals surface area contributed by atoms with E-state index in [9.17, 15) is 9.59 Å². The van der Waals surface area contributed by atoms with Crippen molar-refractivity contribution in [2.45, 2.75) is 19.4 Å². The van der Waals surface area contributed by atoms with Crippen LogP contribution in [0.25, 0.3) is 0 Å². The van der Waals surface area contributed by atoms with E-state index in [4.69, 9.17) is 9.84 Å². The van der Waals surface area contributed by atoms with Crippen LogP contribution in [0.15, 0.2) is 0 Å². The molecule has 3 atom stereocenters. The Morgan fingerprint density at radius 3 is 2.64 bits per heavy atom. The molecule has 4 heteroatoms. The predicted octanol–water partition coefficient (Wildman–Crippen LogP) is 0.0226. The first-order valence-corrected chi connectivity index (χ1v) is 3.53. The van der Waals surface area contributed by atoms with Gasteiger partial charge >= 0.3 is 11.9 Å². The summed E-state index contributed by atoms with van der Waals surface area (Å²) in [5.41, 5.74) is -1.15. The number of aliphatic carboxylic acids is 1. The Labute approximate surface area is 63.1 Å². The molecular weight excluding hydrogens is 148 g/mol. The quantitative estimate of drug-likeness (QED) is 0.429. The van der Waals surface area contributed by atoms with Crippen LogP contribution in [0.1, 0.15) is 13.3 Å². The third kappa shape index (κ3) is 0.552. The molecule has 1 aliphatic heterocycles. The van der Waals surface area contributed by atoms with Gasteiger partial charge in [0.2, 0.25) is 0 Å². The number of hydrogen-bond acceptors (Lipinski definition) is 3. The highest BCUT2D eigenvalue weighted by atomic mass is 16.6. The number of ether oxygens (including phenoxy) is 1. The molecular formula is C7H8O4. The second-order valence-electron chi connectivity index (χ2n) is 3.20. The minimum absolute atomic E-state index is 0.0764. The summed E-state index contributed by atoms with van der Waals surface area (Å²) in [5.74, 6) is -1.66. The number of fused-ring (bicyclic) bond motifs is 1. The van der Waals surface area contributed by atoms with Crippen LogP contribution in [0.4, 0.5) is 0 Å². The van der Waals surface area contributed by atoms with E-state index in [0.717, 1.165) is 0 Å². The number of hydrogen-bond donors (Lipinski definition) is 1. The zero-order chi connectivity index (χ0) is 8.22. The van der Waals surface area contributed by atoms with E-state index >= 15 is 0 Å². The van der Waals surface area contributed by atoms with Gasteiger partial charge < -0.3 is 9.84 Å². The molecule has 0 aromatic carbocycles. The molecule has 60 valence electrons. The molecule has 1 N–H and O–H groups in total. The fraction of sp³-hybridized carbons (Fsp3) is 0.714. The molecule has 0 bridgehead atoms. The van der Waals surface area contributed by atoms with E-state index in [2.05, 4.69) is 0 Å². The first kappa shape index (κ1) is 6.64. The number of rotatable bonds is 1. The van der Waals surface area contributed by atoms with Crippen LogP contribution < -0.4 is 0 Å². The molecule has 1 heterocycles. The Morgan fingerprint density at radius 1 is 1.82 bits per heavy atom. The van der Waals surface area contributed by atoms with Crippen LogP contribution in [0.3, 0.4) is 0 Å². The summed E-state index contributed by atoms with van der Waals surface area (Å²) in [6, 6.07) is 0. The maximum absolute atomic E-state index is 11.0. The maximum atomic E-state index is 11.0. The lowest BCUT2D eigenvalue weighted by Gasteiger charge is -2.03. The summed E-state index contributed by atoms with van der Waals surface area (Å²) >= 11 is 0. The van der Waals surface area contributed by atoms with E-state index < -0.39 is 17.4 Å². The van der Waals surface area contributed by atoms with E-state index in [1.807, 2.05) is 0 Å². The molecule has 0 radical (unpaired) electrons. The number of carbonyl (C=O) groups excluding carboxylic acids is 1. The molecule has 11 heavy (non-hydrogen) atoms. The van der Waals surface area contributed by atoms with Gasteiger partial charge in [-0.15, -0.1) is 0 Å². The number of carboxylic acid groups (broad SMARTS) is 1. The molecule has 1 saturated carbocycles. The summed E-state index contributed by atoms with van der Waals surface area (Å²) in [7, 11) is 0. The topological polar surface area (TPSA) is 63.6 Å². The first-order chi connectivity index (χ1) is 5.09. The van der Waals surface area contributed by atoms with Gasteiger partial charge in [-0.1, -0.05) is 0 Å². The SMILES string of the molecule is C[C@@H]1OC(=O)[C@]2(C(=O)O)C[C@H]12. The lowest BCUT2D eigenvalue weighted by atomic mass is 10.1. The largest absolute Gasteiger partial charge is 0.480 e. The second kappa shape index (κ2) is 1.57. The fourth-order valence-electron chi connectivity index (χ4n) is 1.78. The highest BCUT2D eigenvalue weighted by molar-refractivity contribution is 6.04. The number of cyclic esters (lactones) is 1. The summed E-state index contributed by atoms with van der Waals surface area (Å²) in [6.45, 7) is 1.74. The van der Waals surface area contributed by atoms with E-state index in [0.29, 0.717) is 6.42 Å². The molecule has 2 fully saturated rings. The number of esters is 1. The maximum Gasteiger partial charge on any atom is 0.324 e. The van der Waals surface area contributed by atoms with Gasteiger partial charge in [0.05, 0.1) is 0 Å². The normalized spacial score (nSPS) is 46.5. The van der Waals surface area contributed by atoms with E-state index in [1.165, 1.54) is 0 Å². The minimum Gasteiger partial charge on any atom is -0.480 e. The van der Waals surface area contributed by atoms with Crippen LogP contribution >= 0.6 is 0 Å². The fourth-order valence-corrected chi connectivity index (χ4v) is 1.78. The third-order valence-electron chi connectivity index (χ3n) is 2.62. The minimum atomic E-state index is -1.15. The summed E-state index contributed by atoms with van der Waals surface area (Å²) in [4.78, 5) is 21.6. The molecule has 1 aliphatic carbocycles. The Hall–Kier alpha value is -1.06. The third-order valence-corrected chi connectivity index (χ3v) is 2.62. The van der Waals surface area contributed by atoms with Gasteiger partial charge in [0, 0.05) is 5.92 Å². The number of carbonyl (C=O) groups is 2. The van der Waals surface area contributed by atoms with E-state index in [1.54, 1.807) is 6.92 Å². The van der Waals surface area contributed by atoms with Crippen LogP contribution in [0.5, 0.6) is 0 Å². The van der Waals surface area contributed by atoms with Crippen molar-refractivity contribution in [1.29, 1.82) is 0 Å². The molecule has 2 aliphatic rings. The van der Waals surface area contributed by atoms with Gasteiger partial charge in [-0.3, -0.25) is 9.59 Å². The van der Waals surface area contributed by atoms with Crippen LogP contribution in [-0.2, 0) is 14.3 Å². The van der Waals surface area contributed by atoms with Crippen LogP contribution in [-0.4, -0.2) is 23.1 Å². The smallest absolute Gasteiger partial charge is 0.324 e. The molecule has 0 amide bonds. The molecule has 0 unspecified atom stereocenters. The van der Waals surface area contributed by atoms with Crippen molar-refractivity contribution in [2.24, 2.45) is 11.3 Å². The van der Waals surface area contributed by atoms with Crippen molar-refractivity contribution in [2.75, 3.05) is 0 Å². The van der Waals surface area contributed by atoms with Gasteiger partial charge in [-0.05, 0) is 13.3 Å². The summed E-state index contributed by atoms with van der Waals surface area (Å²) < 4.78 is 4.77. The Balaban J connectivity index is 2.33. The zero-order valence-corrected chi connectivity index (χ0v) is 6.03. The van der Waals surface area contributed by atoms with Crippen LogP contribution in [0, 0.1) is 11.3 Å². The van der Waals surface area contributed by atoms with Gasteiger partial charge in [-0.25, -0.2) is 0 Å². The second-order valence-corrected chi connectivity index (χ2v) is 3.20. The molecule has 0 aromatic heterocycles. The average molecular weight is 156 g/mol. The molecule has 0 spiro atoms. The van der Waals surface area contributed by atoms with Crippen molar-refractivity contribution >= 4 is 11.9 Å². The highest BCUT2D eigenvalue weighted by Crippen LogP contribution is 2.60. The van der Waals surface area contributed by atoms with Crippen molar-refractivity contribution < 1.29 is 19.4 Å². The van der Waals surface area contributed by atoms with Crippen molar-refractivity contribution in [3.05, 3.63) is 0 Å². The Bertz CT molecular complexity index is 247. The molecule has 0 aromatic rings. The van der Waals surface area contributed by atoms with Gasteiger partial charge in [0.25, 0.3) is 0 Å². The van der Waals surface area contributed by atoms with Crippen LogP contribution in [0.2, 0.25) is 0 Å². The van der Waals surface area contributed by atoms with E-state index in [-0.39, 0.29) is 12.0 Å². The lowest BCUT2D eigenvalue weighted by molar-refractivity contribution is -0.157. The summed E-state index contributed by atoms with van der Waals surface area (Å²) in [6.07, 6.45) is 0.251. The van der Waals surface area contributed by atoms with Gasteiger partial charge in [0.1, 0.15) is 6.10 Å². The Kier molecular flexibility index (Phi) is 0.948. The lowest BCUT2D eigenvalue weighted by Crippen LogP contribution is -2.24. The van der Waals surface area contributed by atoms with Gasteiger partial charge in [0.15, 0.2) is 5.41 Å².